The van der Waals surface area contributed by atoms with Gasteiger partial charge in [-0.25, -0.2) is 0 Å². The Hall–Kier alpha value is -0.440. The molecule has 1 aromatic carbocycles. The van der Waals surface area contributed by atoms with Crippen molar-refractivity contribution in [2.75, 3.05) is 0 Å². The Balaban J connectivity index is 1.70. The smallest absolute Gasteiger partial charge is 0.122 e. The molecule has 1 N–H and O–H groups in total. The molecule has 92 valence electrons. The molecule has 1 aromatic rings. The van der Waals surface area contributed by atoms with Crippen molar-refractivity contribution in [3.05, 3.63) is 28.2 Å². The molecule has 3 atom stereocenters. The molecule has 2 aliphatic heterocycles. The van der Waals surface area contributed by atoms with Crippen molar-refractivity contribution in [3.8, 4) is 5.75 Å². The molecule has 2 aliphatic rings. The second-order valence-electron chi connectivity index (χ2n) is 4.95. The van der Waals surface area contributed by atoms with E-state index >= 15 is 0 Å². The summed E-state index contributed by atoms with van der Waals surface area (Å²) >= 11 is 11.9. The predicted molar refractivity (Wildman–Crippen MR) is 70.1 cm³/mol. The third-order valence-electron chi connectivity index (χ3n) is 3.57. The van der Waals surface area contributed by atoms with Crippen LogP contribution in [0.1, 0.15) is 25.7 Å². The van der Waals surface area contributed by atoms with E-state index in [4.69, 9.17) is 27.9 Å². The van der Waals surface area contributed by atoms with Crippen molar-refractivity contribution in [2.24, 2.45) is 0 Å². The van der Waals surface area contributed by atoms with Gasteiger partial charge >= 0.3 is 0 Å². The summed E-state index contributed by atoms with van der Waals surface area (Å²) in [5.41, 5.74) is 0. The number of hydrogen-bond donors (Lipinski definition) is 1. The van der Waals surface area contributed by atoms with Crippen LogP contribution in [-0.4, -0.2) is 18.2 Å². The zero-order valence-electron chi connectivity index (χ0n) is 9.46. The molecule has 2 heterocycles. The molecule has 0 spiro atoms. The Labute approximate surface area is 111 Å². The first kappa shape index (κ1) is 11.6. The quantitative estimate of drug-likeness (QED) is 0.887. The van der Waals surface area contributed by atoms with Crippen molar-refractivity contribution in [1.29, 1.82) is 0 Å². The minimum atomic E-state index is 0.295. The van der Waals surface area contributed by atoms with E-state index in [9.17, 15) is 0 Å². The van der Waals surface area contributed by atoms with Crippen LogP contribution in [-0.2, 0) is 0 Å². The number of hydrogen-bond acceptors (Lipinski definition) is 2. The highest BCUT2D eigenvalue weighted by Gasteiger charge is 2.34. The van der Waals surface area contributed by atoms with E-state index in [1.165, 1.54) is 12.8 Å². The Morgan fingerprint density at radius 1 is 1.00 bits per heavy atom. The monoisotopic (exact) mass is 271 g/mol. The highest BCUT2D eigenvalue weighted by atomic mass is 35.5. The molecule has 0 saturated carbocycles. The summed E-state index contributed by atoms with van der Waals surface area (Å²) in [5, 5.41) is 4.85. The lowest BCUT2D eigenvalue weighted by Gasteiger charge is -2.29. The van der Waals surface area contributed by atoms with Gasteiger partial charge in [0.2, 0.25) is 0 Å². The molecule has 0 radical (unpaired) electrons. The van der Waals surface area contributed by atoms with Gasteiger partial charge in [0.15, 0.2) is 0 Å². The lowest BCUT2D eigenvalue weighted by molar-refractivity contribution is 0.137. The van der Waals surface area contributed by atoms with Gasteiger partial charge in [0.25, 0.3) is 0 Å². The topological polar surface area (TPSA) is 21.3 Å². The van der Waals surface area contributed by atoms with Crippen molar-refractivity contribution in [2.45, 2.75) is 43.9 Å². The summed E-state index contributed by atoms with van der Waals surface area (Å²) < 4.78 is 5.99. The molecule has 0 aliphatic carbocycles. The van der Waals surface area contributed by atoms with Gasteiger partial charge in [-0.05, 0) is 43.9 Å². The number of fused-ring (bicyclic) bond motifs is 2. The van der Waals surface area contributed by atoms with Crippen molar-refractivity contribution < 1.29 is 4.74 Å². The number of piperidine rings is 1. The van der Waals surface area contributed by atoms with Crippen LogP contribution in [0.4, 0.5) is 0 Å². The maximum Gasteiger partial charge on any atom is 0.122 e. The Kier molecular flexibility index (Phi) is 3.20. The molecule has 2 unspecified atom stereocenters. The number of rotatable bonds is 2. The molecule has 2 fully saturated rings. The summed E-state index contributed by atoms with van der Waals surface area (Å²) in [4.78, 5) is 0. The molecule has 4 heteroatoms. The Morgan fingerprint density at radius 2 is 1.59 bits per heavy atom. The Morgan fingerprint density at radius 3 is 2.18 bits per heavy atom. The molecule has 0 aromatic heterocycles. The molecule has 2 saturated heterocycles. The summed E-state index contributed by atoms with van der Waals surface area (Å²) in [6.07, 6.45) is 5.02. The van der Waals surface area contributed by atoms with Crippen LogP contribution >= 0.6 is 23.2 Å². The van der Waals surface area contributed by atoms with Gasteiger partial charge in [0.05, 0.1) is 0 Å². The standard InChI is InChI=1S/C13H15Cl2NO/c14-8-3-9(15)5-12(4-8)17-13-6-10-1-2-11(7-13)16-10/h3-5,10-11,13,16H,1-2,6-7H2/t10-,11?,13?/m0/s1. The molecular formula is C13H15Cl2NO. The summed E-state index contributed by atoms with van der Waals surface area (Å²) in [7, 11) is 0. The SMILES string of the molecule is Clc1cc(Cl)cc(OC2CC3CC[C@@H](C2)N3)c1. The maximum absolute atomic E-state index is 5.99. The van der Waals surface area contributed by atoms with Crippen LogP contribution in [0.2, 0.25) is 10.0 Å². The second kappa shape index (κ2) is 4.68. The van der Waals surface area contributed by atoms with Crippen LogP contribution in [0.5, 0.6) is 5.75 Å². The Bertz CT molecular complexity index is 392. The summed E-state index contributed by atoms with van der Waals surface area (Å²) in [6.45, 7) is 0. The first-order valence-electron chi connectivity index (χ1n) is 6.08. The third kappa shape index (κ3) is 2.70. The van der Waals surface area contributed by atoms with E-state index in [0.717, 1.165) is 18.6 Å². The summed E-state index contributed by atoms with van der Waals surface area (Å²) in [5.74, 6) is 0.786. The fourth-order valence-electron chi connectivity index (χ4n) is 2.89. The third-order valence-corrected chi connectivity index (χ3v) is 4.01. The fraction of sp³-hybridized carbons (Fsp3) is 0.538. The van der Waals surface area contributed by atoms with E-state index in [-0.39, 0.29) is 0 Å². The van der Waals surface area contributed by atoms with Crippen LogP contribution in [0, 0.1) is 0 Å². The minimum absolute atomic E-state index is 0.295. The molecule has 17 heavy (non-hydrogen) atoms. The highest BCUT2D eigenvalue weighted by Crippen LogP contribution is 2.31. The predicted octanol–water partition coefficient (Wildman–Crippen LogP) is 3.66. The van der Waals surface area contributed by atoms with Gasteiger partial charge in [-0.3, -0.25) is 0 Å². The maximum atomic E-state index is 5.99. The molecule has 3 rings (SSSR count). The molecular weight excluding hydrogens is 257 g/mol. The van der Waals surface area contributed by atoms with E-state index < -0.39 is 0 Å². The van der Waals surface area contributed by atoms with Gasteiger partial charge in [-0.2, -0.15) is 0 Å². The zero-order chi connectivity index (χ0) is 11.8. The zero-order valence-corrected chi connectivity index (χ0v) is 11.0. The van der Waals surface area contributed by atoms with Crippen LogP contribution in [0.3, 0.4) is 0 Å². The molecule has 2 nitrogen and oxygen atoms in total. The van der Waals surface area contributed by atoms with Crippen LogP contribution in [0.15, 0.2) is 18.2 Å². The van der Waals surface area contributed by atoms with Gasteiger partial charge in [-0.1, -0.05) is 23.2 Å². The number of benzene rings is 1. The number of halogens is 2. The largest absolute Gasteiger partial charge is 0.490 e. The van der Waals surface area contributed by atoms with Crippen molar-refractivity contribution in [1.82, 2.24) is 5.32 Å². The van der Waals surface area contributed by atoms with E-state index in [1.807, 2.05) is 12.1 Å². The average molecular weight is 272 g/mol. The van der Waals surface area contributed by atoms with Gasteiger partial charge in [0.1, 0.15) is 11.9 Å². The van der Waals surface area contributed by atoms with Gasteiger partial charge < -0.3 is 10.1 Å². The first-order valence-corrected chi connectivity index (χ1v) is 6.83. The van der Waals surface area contributed by atoms with Crippen LogP contribution in [0.25, 0.3) is 0 Å². The number of nitrogens with one attached hydrogen (secondary N) is 1. The lowest BCUT2D eigenvalue weighted by atomic mass is 10.0. The van der Waals surface area contributed by atoms with Gasteiger partial charge in [-0.15, -0.1) is 0 Å². The van der Waals surface area contributed by atoms with Gasteiger partial charge in [0, 0.05) is 22.1 Å². The normalized spacial score (nSPS) is 31.5. The average Bonchev–Trinajstić information content (AvgIpc) is 2.56. The fourth-order valence-corrected chi connectivity index (χ4v) is 3.40. The molecule has 0 amide bonds. The van der Waals surface area contributed by atoms with E-state index in [1.54, 1.807) is 6.07 Å². The minimum Gasteiger partial charge on any atom is -0.490 e. The summed E-state index contributed by atoms with van der Waals surface area (Å²) in [6, 6.07) is 6.65. The highest BCUT2D eigenvalue weighted by molar-refractivity contribution is 6.34. The van der Waals surface area contributed by atoms with Crippen molar-refractivity contribution >= 4 is 23.2 Å². The van der Waals surface area contributed by atoms with Crippen molar-refractivity contribution in [3.63, 3.8) is 0 Å². The van der Waals surface area contributed by atoms with E-state index in [0.29, 0.717) is 28.2 Å². The van der Waals surface area contributed by atoms with E-state index in [2.05, 4.69) is 5.32 Å². The second-order valence-corrected chi connectivity index (χ2v) is 5.83. The number of ether oxygens (including phenoxy) is 1. The lowest BCUT2D eigenvalue weighted by Crippen LogP contribution is -2.42. The first-order chi connectivity index (χ1) is 8.19. The molecule has 2 bridgehead atoms. The van der Waals surface area contributed by atoms with Crippen LogP contribution < -0.4 is 10.1 Å².